The van der Waals surface area contributed by atoms with Gasteiger partial charge in [0.05, 0.1) is 33.1 Å². The van der Waals surface area contributed by atoms with Crippen LogP contribution in [0.15, 0.2) is 60.7 Å². The molecule has 6 rings (SSSR count). The standard InChI is InChI=1S/2C21H26N2O6S.2Na/c2*24-17(6-7-18(25)26)22-12-9-21(10-13-22)23(11-8-15-4-2-1-3-5-15)20(29)16(30-21)14-19(27)28;;/h2*1-5,16H,6-14H2,(H,25,26)(H,27,28);;/q;;2*+1/p-2. The van der Waals surface area contributed by atoms with E-state index in [-0.39, 0.29) is 121 Å². The average Bonchev–Trinajstić information content (AvgIpc) is 3.61. The van der Waals surface area contributed by atoms with Crippen molar-refractivity contribution >= 4 is 71.0 Å². The van der Waals surface area contributed by atoms with E-state index in [4.69, 9.17) is 0 Å². The number of carboxylic acid groups (broad SMARTS) is 4. The fourth-order valence-electron chi connectivity index (χ4n) is 8.20. The van der Waals surface area contributed by atoms with Crippen LogP contribution in [0.1, 0.15) is 75.3 Å². The second-order valence-electron chi connectivity index (χ2n) is 15.3. The Morgan fingerprint density at radius 3 is 1.18 bits per heavy atom. The number of carbonyl (C=O) groups is 8. The number of thioether (sulfide) groups is 2. The minimum atomic E-state index is -1.25. The first-order chi connectivity index (χ1) is 28.6. The Morgan fingerprint density at radius 1 is 0.565 bits per heavy atom. The van der Waals surface area contributed by atoms with E-state index in [1.165, 1.54) is 23.5 Å². The SMILES string of the molecule is O=C([O-])CCC(=O)N1CCC2(CC1)SC(CC(=O)O)C(=O)N2CCc1ccccc1.O=C([O-])CCC(=O)N1CCC2(CC1)SC(CC(=O)O)C(=O)N2CCc1ccccc1.[Na+].[Na+]. The Bertz CT molecular complexity index is 1760. The molecule has 0 aliphatic carbocycles. The van der Waals surface area contributed by atoms with Crippen molar-refractivity contribution in [2.24, 2.45) is 0 Å². The summed E-state index contributed by atoms with van der Waals surface area (Å²) in [6.07, 6.45) is 2.22. The van der Waals surface area contributed by atoms with Crippen LogP contribution in [-0.4, -0.2) is 137 Å². The van der Waals surface area contributed by atoms with Crippen molar-refractivity contribution in [2.45, 2.75) is 97.3 Å². The van der Waals surface area contributed by atoms with E-state index in [0.717, 1.165) is 11.1 Å². The number of carbonyl (C=O) groups excluding carboxylic acids is 6. The average molecular weight is 913 g/mol. The molecule has 0 saturated carbocycles. The van der Waals surface area contributed by atoms with E-state index in [0.29, 0.717) is 77.8 Å². The molecule has 2 aromatic carbocycles. The second-order valence-corrected chi connectivity index (χ2v) is 18.4. The summed E-state index contributed by atoms with van der Waals surface area (Å²) < 4.78 is 0. The molecule has 2 atom stereocenters. The van der Waals surface area contributed by atoms with Crippen molar-refractivity contribution in [3.8, 4) is 0 Å². The molecule has 2 unspecified atom stereocenters. The van der Waals surface area contributed by atoms with Crippen LogP contribution in [0.3, 0.4) is 0 Å². The molecular weight excluding hydrogens is 863 g/mol. The van der Waals surface area contributed by atoms with Crippen LogP contribution in [0.25, 0.3) is 0 Å². The minimum Gasteiger partial charge on any atom is -0.550 e. The van der Waals surface area contributed by atoms with Crippen molar-refractivity contribution in [3.63, 3.8) is 0 Å². The van der Waals surface area contributed by atoms with Gasteiger partial charge in [-0.1, -0.05) is 60.7 Å². The van der Waals surface area contributed by atoms with Gasteiger partial charge in [0.2, 0.25) is 23.6 Å². The summed E-state index contributed by atoms with van der Waals surface area (Å²) in [6.45, 7) is 2.62. The van der Waals surface area contributed by atoms with Crippen LogP contribution in [0.2, 0.25) is 0 Å². The fraction of sp³-hybridized carbons (Fsp3) is 0.524. The van der Waals surface area contributed by atoms with Crippen molar-refractivity contribution in [2.75, 3.05) is 39.3 Å². The smallest absolute Gasteiger partial charge is 0.550 e. The topological polar surface area (TPSA) is 236 Å². The van der Waals surface area contributed by atoms with E-state index in [1.807, 2.05) is 60.7 Å². The van der Waals surface area contributed by atoms with Crippen LogP contribution >= 0.6 is 23.5 Å². The number of benzene rings is 2. The first kappa shape index (κ1) is 53.2. The van der Waals surface area contributed by atoms with Gasteiger partial charge in [-0.15, -0.1) is 23.5 Å². The summed E-state index contributed by atoms with van der Waals surface area (Å²) in [5.41, 5.74) is 2.20. The van der Waals surface area contributed by atoms with Gasteiger partial charge in [-0.2, -0.15) is 0 Å². The number of likely N-dealkylation sites (tertiary alicyclic amines) is 2. The first-order valence-corrected chi connectivity index (χ1v) is 21.8. The van der Waals surface area contributed by atoms with Crippen molar-refractivity contribution < 1.29 is 118 Å². The summed E-state index contributed by atoms with van der Waals surface area (Å²) in [4.78, 5) is 100. The maximum Gasteiger partial charge on any atom is 1.00 e. The number of nitrogens with zero attached hydrogens (tertiary/aromatic N) is 4. The molecule has 4 fully saturated rings. The van der Waals surface area contributed by atoms with Gasteiger partial charge >= 0.3 is 71.1 Å². The predicted molar refractivity (Wildman–Crippen MR) is 217 cm³/mol. The Hall–Kier alpha value is -3.10. The van der Waals surface area contributed by atoms with Crippen molar-refractivity contribution in [1.82, 2.24) is 19.6 Å². The number of hydrogen-bond donors (Lipinski definition) is 2. The van der Waals surface area contributed by atoms with E-state index in [2.05, 4.69) is 0 Å². The molecule has 2 spiro atoms. The Labute approximate surface area is 413 Å². The van der Waals surface area contributed by atoms with Crippen LogP contribution < -0.4 is 69.3 Å². The zero-order valence-electron chi connectivity index (χ0n) is 35.2. The molecule has 4 saturated heterocycles. The van der Waals surface area contributed by atoms with E-state index in [1.54, 1.807) is 19.6 Å². The number of hydrogen-bond acceptors (Lipinski definition) is 12. The van der Waals surface area contributed by atoms with Crippen LogP contribution in [0, 0.1) is 0 Å². The van der Waals surface area contributed by atoms with E-state index < -0.39 is 44.1 Å². The number of carboxylic acids is 4. The van der Waals surface area contributed by atoms with Gasteiger partial charge in [0, 0.05) is 64.0 Å². The molecule has 0 aromatic heterocycles. The molecule has 2 N–H and O–H groups in total. The molecule has 2 aromatic rings. The quantitative estimate of drug-likeness (QED) is 0.150. The van der Waals surface area contributed by atoms with Gasteiger partial charge in [0.25, 0.3) is 0 Å². The number of amides is 4. The molecule has 16 nitrogen and oxygen atoms in total. The zero-order valence-corrected chi connectivity index (χ0v) is 40.9. The van der Waals surface area contributed by atoms with Crippen molar-refractivity contribution in [3.05, 3.63) is 71.8 Å². The molecular formula is C42H50N4Na2O12S2. The first-order valence-electron chi connectivity index (χ1n) is 20.1. The van der Waals surface area contributed by atoms with Crippen LogP contribution in [-0.2, 0) is 51.2 Å². The number of piperidine rings is 2. The summed E-state index contributed by atoms with van der Waals surface area (Å²) in [5.74, 6) is -5.30. The predicted octanol–water partition coefficient (Wildman–Crippen LogP) is -5.00. The maximum atomic E-state index is 13.0. The summed E-state index contributed by atoms with van der Waals surface area (Å²) in [6, 6.07) is 19.6. The Kier molecular flexibility index (Phi) is 21.3. The monoisotopic (exact) mass is 912 g/mol. The van der Waals surface area contributed by atoms with E-state index >= 15 is 0 Å². The summed E-state index contributed by atoms with van der Waals surface area (Å²) in [7, 11) is 0. The van der Waals surface area contributed by atoms with Gasteiger partial charge in [0.15, 0.2) is 0 Å². The summed E-state index contributed by atoms with van der Waals surface area (Å²) >= 11 is 2.80. The third-order valence-corrected chi connectivity index (χ3v) is 14.8. The molecule has 4 aliphatic rings. The van der Waals surface area contributed by atoms with E-state index in [9.17, 15) is 58.8 Å². The van der Waals surface area contributed by atoms with Crippen LogP contribution in [0.4, 0.5) is 0 Å². The van der Waals surface area contributed by atoms with Gasteiger partial charge in [-0.3, -0.25) is 28.8 Å². The molecule has 20 heteroatoms. The third kappa shape index (κ3) is 14.5. The Morgan fingerprint density at radius 2 is 0.887 bits per heavy atom. The minimum absolute atomic E-state index is 0. The number of rotatable bonds is 16. The molecule has 4 heterocycles. The molecule has 4 aliphatic heterocycles. The maximum absolute atomic E-state index is 13.0. The number of aliphatic carboxylic acids is 4. The molecule has 0 bridgehead atoms. The molecule has 62 heavy (non-hydrogen) atoms. The van der Waals surface area contributed by atoms with Gasteiger partial charge < -0.3 is 49.6 Å². The van der Waals surface area contributed by atoms with Crippen molar-refractivity contribution in [1.29, 1.82) is 0 Å². The summed E-state index contributed by atoms with van der Waals surface area (Å²) in [5, 5.41) is 38.4. The zero-order chi connectivity index (χ0) is 43.5. The van der Waals surface area contributed by atoms with Gasteiger partial charge in [0.1, 0.15) is 0 Å². The largest absolute Gasteiger partial charge is 1.00 e. The Balaban J connectivity index is 0.000000320. The van der Waals surface area contributed by atoms with Gasteiger partial charge in [-0.05, 0) is 62.5 Å². The molecule has 0 radical (unpaired) electrons. The van der Waals surface area contributed by atoms with Crippen LogP contribution in [0.5, 0.6) is 0 Å². The second kappa shape index (κ2) is 24.8. The fourth-order valence-corrected chi connectivity index (χ4v) is 11.6. The molecule has 4 amide bonds. The molecule has 324 valence electrons. The normalized spacial score (nSPS) is 19.9. The third-order valence-electron chi connectivity index (χ3n) is 11.3. The van der Waals surface area contributed by atoms with Gasteiger partial charge in [-0.25, -0.2) is 0 Å².